The van der Waals surface area contributed by atoms with Gasteiger partial charge in [-0.05, 0) is 55.4 Å². The van der Waals surface area contributed by atoms with Crippen molar-refractivity contribution >= 4 is 0 Å². The Morgan fingerprint density at radius 3 is 2.47 bits per heavy atom. The van der Waals surface area contributed by atoms with E-state index in [1.54, 1.807) is 0 Å². The van der Waals surface area contributed by atoms with Gasteiger partial charge in [0.1, 0.15) is 0 Å². The maximum Gasteiger partial charge on any atom is 0.0129 e. The highest BCUT2D eigenvalue weighted by atomic mass is 14.9. The van der Waals surface area contributed by atoms with Crippen molar-refractivity contribution in [3.63, 3.8) is 0 Å². The summed E-state index contributed by atoms with van der Waals surface area (Å²) in [5.41, 5.74) is 0.562. The second kappa shape index (κ2) is 6.61. The van der Waals surface area contributed by atoms with Crippen LogP contribution < -0.4 is 5.32 Å². The Hall–Kier alpha value is -0.0400. The molecule has 4 atom stereocenters. The molecule has 2 aliphatic rings. The van der Waals surface area contributed by atoms with Crippen molar-refractivity contribution in [3.05, 3.63) is 0 Å². The molecule has 2 rings (SSSR count). The van der Waals surface area contributed by atoms with Crippen LogP contribution >= 0.6 is 0 Å². The van der Waals surface area contributed by atoms with Gasteiger partial charge >= 0.3 is 0 Å². The molecule has 4 unspecified atom stereocenters. The smallest absolute Gasteiger partial charge is 0.0129 e. The standard InChI is InChI=1S/C18H35N/c1-5-14-9-7-10-15(13-14)17(19-6-2)16-11-8-12-18(16,3)4/h14-17,19H,5-13H2,1-4H3. The Kier molecular flexibility index (Phi) is 5.34. The van der Waals surface area contributed by atoms with Crippen molar-refractivity contribution in [1.82, 2.24) is 5.32 Å². The van der Waals surface area contributed by atoms with Crippen LogP contribution in [-0.4, -0.2) is 12.6 Å². The van der Waals surface area contributed by atoms with Crippen molar-refractivity contribution in [3.8, 4) is 0 Å². The van der Waals surface area contributed by atoms with Gasteiger partial charge < -0.3 is 5.32 Å². The van der Waals surface area contributed by atoms with E-state index in [0.29, 0.717) is 5.41 Å². The molecule has 0 aromatic carbocycles. The third-order valence-electron chi connectivity index (χ3n) is 6.12. The van der Waals surface area contributed by atoms with Gasteiger partial charge in [-0.15, -0.1) is 0 Å². The lowest BCUT2D eigenvalue weighted by Crippen LogP contribution is -2.47. The largest absolute Gasteiger partial charge is 0.314 e. The molecule has 2 aliphatic carbocycles. The third kappa shape index (κ3) is 3.54. The molecule has 19 heavy (non-hydrogen) atoms. The third-order valence-corrected chi connectivity index (χ3v) is 6.12. The number of nitrogens with one attached hydrogen (secondary N) is 1. The van der Waals surface area contributed by atoms with Crippen LogP contribution in [0.1, 0.15) is 79.1 Å². The molecule has 2 fully saturated rings. The first-order valence-corrected chi connectivity index (χ1v) is 8.81. The highest BCUT2D eigenvalue weighted by Crippen LogP contribution is 2.48. The maximum atomic E-state index is 3.89. The minimum atomic E-state index is 0.562. The van der Waals surface area contributed by atoms with Crippen LogP contribution in [0.25, 0.3) is 0 Å². The van der Waals surface area contributed by atoms with Gasteiger partial charge in [-0.3, -0.25) is 0 Å². The first-order valence-electron chi connectivity index (χ1n) is 8.81. The van der Waals surface area contributed by atoms with E-state index in [0.717, 1.165) is 30.3 Å². The average molecular weight is 265 g/mol. The molecule has 0 aromatic rings. The minimum Gasteiger partial charge on any atom is -0.314 e. The SMILES string of the molecule is CCNC(C1CCCC(CC)C1)C1CCCC1(C)C. The van der Waals surface area contributed by atoms with Crippen molar-refractivity contribution in [2.45, 2.75) is 85.1 Å². The zero-order valence-corrected chi connectivity index (χ0v) is 13.7. The highest BCUT2D eigenvalue weighted by molar-refractivity contribution is 4.96. The monoisotopic (exact) mass is 265 g/mol. The molecule has 0 aromatic heterocycles. The summed E-state index contributed by atoms with van der Waals surface area (Å²) in [5.74, 6) is 2.86. The van der Waals surface area contributed by atoms with Gasteiger partial charge in [0, 0.05) is 6.04 Å². The van der Waals surface area contributed by atoms with Gasteiger partial charge in [0.05, 0.1) is 0 Å². The molecule has 1 heteroatoms. The highest BCUT2D eigenvalue weighted by Gasteiger charge is 2.42. The lowest BCUT2D eigenvalue weighted by molar-refractivity contribution is 0.114. The van der Waals surface area contributed by atoms with Gasteiger partial charge in [-0.25, -0.2) is 0 Å². The van der Waals surface area contributed by atoms with Crippen molar-refractivity contribution in [1.29, 1.82) is 0 Å². The summed E-state index contributed by atoms with van der Waals surface area (Å²) in [5, 5.41) is 3.89. The lowest BCUT2D eigenvalue weighted by Gasteiger charge is -2.42. The second-order valence-corrected chi connectivity index (χ2v) is 7.77. The van der Waals surface area contributed by atoms with Gasteiger partial charge in [-0.2, -0.15) is 0 Å². The van der Waals surface area contributed by atoms with E-state index in [-0.39, 0.29) is 0 Å². The quantitative estimate of drug-likeness (QED) is 0.737. The molecule has 2 saturated carbocycles. The fourth-order valence-corrected chi connectivity index (χ4v) is 4.92. The summed E-state index contributed by atoms with van der Waals surface area (Å²) >= 11 is 0. The van der Waals surface area contributed by atoms with Gasteiger partial charge in [0.15, 0.2) is 0 Å². The number of hydrogen-bond donors (Lipinski definition) is 1. The first-order chi connectivity index (χ1) is 9.08. The zero-order valence-electron chi connectivity index (χ0n) is 13.7. The normalized spacial score (nSPS) is 36.3. The molecule has 0 amide bonds. The van der Waals surface area contributed by atoms with Crippen LogP contribution in [0.4, 0.5) is 0 Å². The Morgan fingerprint density at radius 2 is 1.89 bits per heavy atom. The van der Waals surface area contributed by atoms with Crippen LogP contribution in [0, 0.1) is 23.2 Å². The fourth-order valence-electron chi connectivity index (χ4n) is 4.92. The molecular formula is C18H35N. The van der Waals surface area contributed by atoms with E-state index in [4.69, 9.17) is 0 Å². The van der Waals surface area contributed by atoms with Gasteiger partial charge in [-0.1, -0.05) is 53.4 Å². The molecule has 0 heterocycles. The Morgan fingerprint density at radius 1 is 1.11 bits per heavy atom. The van der Waals surface area contributed by atoms with Crippen LogP contribution in [-0.2, 0) is 0 Å². The summed E-state index contributed by atoms with van der Waals surface area (Å²) in [6.45, 7) is 10.8. The maximum absolute atomic E-state index is 3.89. The van der Waals surface area contributed by atoms with Gasteiger partial charge in [0.25, 0.3) is 0 Å². The Labute approximate surface area is 120 Å². The second-order valence-electron chi connectivity index (χ2n) is 7.77. The predicted octanol–water partition coefficient (Wildman–Crippen LogP) is 5.01. The van der Waals surface area contributed by atoms with E-state index in [2.05, 4.69) is 33.0 Å². The van der Waals surface area contributed by atoms with E-state index in [9.17, 15) is 0 Å². The average Bonchev–Trinajstić information content (AvgIpc) is 2.75. The summed E-state index contributed by atoms with van der Waals surface area (Å²) in [6, 6.07) is 0.789. The van der Waals surface area contributed by atoms with Crippen LogP contribution in [0.3, 0.4) is 0 Å². The van der Waals surface area contributed by atoms with Crippen LogP contribution in [0.5, 0.6) is 0 Å². The summed E-state index contributed by atoms with van der Waals surface area (Å²) in [7, 11) is 0. The Balaban J connectivity index is 2.06. The van der Waals surface area contributed by atoms with Crippen molar-refractivity contribution in [2.75, 3.05) is 6.54 Å². The molecule has 0 bridgehead atoms. The molecule has 1 N–H and O–H groups in total. The lowest BCUT2D eigenvalue weighted by atomic mass is 9.68. The molecule has 0 saturated heterocycles. The molecule has 0 radical (unpaired) electrons. The summed E-state index contributed by atoms with van der Waals surface area (Å²) < 4.78 is 0. The van der Waals surface area contributed by atoms with Crippen LogP contribution in [0.2, 0.25) is 0 Å². The van der Waals surface area contributed by atoms with Crippen LogP contribution in [0.15, 0.2) is 0 Å². The van der Waals surface area contributed by atoms with E-state index in [1.807, 2.05) is 0 Å². The molecular weight excluding hydrogens is 230 g/mol. The zero-order chi connectivity index (χ0) is 13.9. The number of rotatable bonds is 5. The van der Waals surface area contributed by atoms with E-state index >= 15 is 0 Å². The van der Waals surface area contributed by atoms with E-state index < -0.39 is 0 Å². The summed E-state index contributed by atoms with van der Waals surface area (Å²) in [4.78, 5) is 0. The number of hydrogen-bond acceptors (Lipinski definition) is 1. The molecule has 0 spiro atoms. The van der Waals surface area contributed by atoms with E-state index in [1.165, 1.54) is 51.4 Å². The molecule has 112 valence electrons. The summed E-state index contributed by atoms with van der Waals surface area (Å²) in [6.07, 6.45) is 11.6. The Bertz CT molecular complexity index is 271. The molecule has 1 nitrogen and oxygen atoms in total. The predicted molar refractivity (Wildman–Crippen MR) is 84.3 cm³/mol. The van der Waals surface area contributed by atoms with Crippen molar-refractivity contribution < 1.29 is 0 Å². The molecule has 0 aliphatic heterocycles. The topological polar surface area (TPSA) is 12.0 Å². The van der Waals surface area contributed by atoms with Crippen molar-refractivity contribution in [2.24, 2.45) is 23.2 Å². The fraction of sp³-hybridized carbons (Fsp3) is 1.00. The minimum absolute atomic E-state index is 0.562. The van der Waals surface area contributed by atoms with Gasteiger partial charge in [0.2, 0.25) is 0 Å². The first kappa shape index (κ1) is 15.4.